The van der Waals surface area contributed by atoms with Gasteiger partial charge in [0.1, 0.15) is 9.93 Å². The van der Waals surface area contributed by atoms with Crippen LogP contribution in [0.25, 0.3) is 0 Å². The normalized spacial score (nSPS) is 25.1. The number of hydrogen-bond donors (Lipinski definition) is 2. The van der Waals surface area contributed by atoms with Crippen LogP contribution in [-0.2, 0) is 10.4 Å². The number of amides is 1. The molecular weight excluding hydrogens is 281 g/mol. The molecule has 1 aliphatic carbocycles. The smallest absolute Gasteiger partial charge is 0.226 e. The van der Waals surface area contributed by atoms with Gasteiger partial charge in [-0.3, -0.25) is 4.79 Å². The monoisotopic (exact) mass is 293 g/mol. The fourth-order valence-corrected chi connectivity index (χ4v) is 2.85. The number of aliphatic hydroxyl groups is 1. The molecular formula is C11H13Cl2NO2S. The van der Waals surface area contributed by atoms with E-state index in [9.17, 15) is 9.90 Å². The molecule has 0 bridgehead atoms. The van der Waals surface area contributed by atoms with Crippen LogP contribution in [0.1, 0.15) is 18.2 Å². The highest BCUT2D eigenvalue weighted by Crippen LogP contribution is 2.53. The average molecular weight is 294 g/mol. The average Bonchev–Trinajstić information content (AvgIpc) is 2.73. The lowest BCUT2D eigenvalue weighted by Gasteiger charge is -2.22. The fraction of sp³-hybridized carbons (Fsp3) is 0.545. The van der Waals surface area contributed by atoms with E-state index in [0.717, 1.165) is 4.88 Å². The third-order valence-electron chi connectivity index (χ3n) is 2.80. The van der Waals surface area contributed by atoms with Crippen LogP contribution in [-0.4, -0.2) is 21.9 Å². The molecule has 1 heterocycles. The minimum Gasteiger partial charge on any atom is -0.383 e. The van der Waals surface area contributed by atoms with E-state index in [4.69, 9.17) is 23.2 Å². The molecule has 2 unspecified atom stereocenters. The Kier molecular flexibility index (Phi) is 3.42. The van der Waals surface area contributed by atoms with Gasteiger partial charge < -0.3 is 10.4 Å². The van der Waals surface area contributed by atoms with E-state index in [1.165, 1.54) is 11.3 Å². The van der Waals surface area contributed by atoms with Gasteiger partial charge >= 0.3 is 0 Å². The highest BCUT2D eigenvalue weighted by molar-refractivity contribution is 7.10. The highest BCUT2D eigenvalue weighted by atomic mass is 35.5. The molecule has 2 N–H and O–H groups in total. The second-order valence-electron chi connectivity index (χ2n) is 4.49. The van der Waals surface area contributed by atoms with Crippen LogP contribution in [0.5, 0.6) is 0 Å². The zero-order valence-corrected chi connectivity index (χ0v) is 11.6. The second-order valence-corrected chi connectivity index (χ2v) is 6.98. The number of nitrogens with one attached hydrogen (secondary N) is 1. The Bertz CT molecular complexity index is 417. The van der Waals surface area contributed by atoms with E-state index >= 15 is 0 Å². The molecule has 94 valence electrons. The molecule has 3 nitrogen and oxygen atoms in total. The van der Waals surface area contributed by atoms with Crippen LogP contribution in [0.15, 0.2) is 17.5 Å². The van der Waals surface area contributed by atoms with Crippen molar-refractivity contribution < 1.29 is 9.90 Å². The molecule has 0 saturated heterocycles. The van der Waals surface area contributed by atoms with Gasteiger partial charge in [0.25, 0.3) is 0 Å². The zero-order valence-electron chi connectivity index (χ0n) is 9.24. The molecule has 2 atom stereocenters. The van der Waals surface area contributed by atoms with Crippen molar-refractivity contribution in [3.63, 3.8) is 0 Å². The highest BCUT2D eigenvalue weighted by Gasteiger charge is 2.56. The van der Waals surface area contributed by atoms with E-state index in [1.54, 1.807) is 6.92 Å². The fourth-order valence-electron chi connectivity index (χ4n) is 1.55. The molecule has 0 spiro atoms. The van der Waals surface area contributed by atoms with Gasteiger partial charge in [-0.05, 0) is 24.8 Å². The molecule has 6 heteroatoms. The maximum atomic E-state index is 11.6. The maximum absolute atomic E-state index is 11.6. The molecule has 2 rings (SSSR count). The number of carbonyl (C=O) groups is 1. The first-order valence-electron chi connectivity index (χ1n) is 5.25. The number of hydrogen-bond acceptors (Lipinski definition) is 3. The first kappa shape index (κ1) is 13.1. The van der Waals surface area contributed by atoms with Crippen LogP contribution in [0.4, 0.5) is 0 Å². The van der Waals surface area contributed by atoms with Crippen molar-refractivity contribution in [2.75, 3.05) is 6.54 Å². The third-order valence-corrected chi connectivity index (χ3v) is 4.76. The van der Waals surface area contributed by atoms with Crippen LogP contribution in [0.2, 0.25) is 0 Å². The first-order chi connectivity index (χ1) is 7.83. The molecule has 1 aliphatic rings. The summed E-state index contributed by atoms with van der Waals surface area (Å²) in [5.74, 6) is -0.559. The molecule has 17 heavy (non-hydrogen) atoms. The van der Waals surface area contributed by atoms with Gasteiger partial charge in [-0.15, -0.1) is 34.5 Å². The van der Waals surface area contributed by atoms with Crippen LogP contribution >= 0.6 is 34.5 Å². The first-order valence-corrected chi connectivity index (χ1v) is 6.88. The largest absolute Gasteiger partial charge is 0.383 e. The summed E-state index contributed by atoms with van der Waals surface area (Å²) in [5, 5.41) is 14.7. The lowest BCUT2D eigenvalue weighted by atomic mass is 10.1. The Balaban J connectivity index is 1.88. The number of rotatable bonds is 4. The van der Waals surface area contributed by atoms with Crippen molar-refractivity contribution in [2.24, 2.45) is 5.92 Å². The van der Waals surface area contributed by atoms with Crippen molar-refractivity contribution in [1.29, 1.82) is 0 Å². The second kappa shape index (κ2) is 4.43. The Morgan fingerprint density at radius 2 is 2.41 bits per heavy atom. The van der Waals surface area contributed by atoms with Gasteiger partial charge in [-0.2, -0.15) is 0 Å². The Labute approximate surface area is 114 Å². The molecule has 1 aromatic rings. The van der Waals surface area contributed by atoms with Crippen molar-refractivity contribution in [2.45, 2.75) is 23.3 Å². The van der Waals surface area contributed by atoms with Crippen molar-refractivity contribution >= 4 is 40.4 Å². The van der Waals surface area contributed by atoms with Gasteiger partial charge in [-0.1, -0.05) is 6.07 Å². The van der Waals surface area contributed by atoms with Crippen molar-refractivity contribution in [3.05, 3.63) is 22.4 Å². The summed E-state index contributed by atoms with van der Waals surface area (Å²) in [4.78, 5) is 12.5. The molecule has 0 aromatic carbocycles. The van der Waals surface area contributed by atoms with Gasteiger partial charge in [0.2, 0.25) is 5.91 Å². The maximum Gasteiger partial charge on any atom is 0.226 e. The molecule has 0 aliphatic heterocycles. The van der Waals surface area contributed by atoms with E-state index < -0.39 is 9.93 Å². The predicted octanol–water partition coefficient (Wildman–Crippen LogP) is 2.27. The number of thiophene rings is 1. The number of halogens is 2. The lowest BCUT2D eigenvalue weighted by Crippen LogP contribution is -2.39. The third kappa shape index (κ3) is 2.94. The summed E-state index contributed by atoms with van der Waals surface area (Å²) in [6, 6.07) is 3.70. The van der Waals surface area contributed by atoms with Crippen molar-refractivity contribution in [3.8, 4) is 0 Å². The van der Waals surface area contributed by atoms with Gasteiger partial charge in [0.15, 0.2) is 0 Å². The Morgan fingerprint density at radius 1 is 1.76 bits per heavy atom. The standard InChI is InChI=1S/C11H13Cl2NO2S/c1-10(16,8-3-2-4-17-8)6-14-9(15)7-5-11(7,12)13/h2-4,7,16H,5-6H2,1H3,(H,14,15). The summed E-state index contributed by atoms with van der Waals surface area (Å²) in [5.41, 5.74) is -1.06. The SMILES string of the molecule is CC(O)(CNC(=O)C1CC1(Cl)Cl)c1cccs1. The van der Waals surface area contributed by atoms with Crippen LogP contribution in [0.3, 0.4) is 0 Å². The molecule has 1 saturated carbocycles. The predicted molar refractivity (Wildman–Crippen MR) is 69.4 cm³/mol. The number of alkyl halides is 2. The minimum atomic E-state index is -1.06. The van der Waals surface area contributed by atoms with Gasteiger partial charge in [0, 0.05) is 4.88 Å². The Hall–Kier alpha value is -0.290. The van der Waals surface area contributed by atoms with Gasteiger partial charge in [-0.25, -0.2) is 0 Å². The quantitative estimate of drug-likeness (QED) is 0.837. The molecule has 1 fully saturated rings. The lowest BCUT2D eigenvalue weighted by molar-refractivity contribution is -0.123. The van der Waals surface area contributed by atoms with E-state index in [0.29, 0.717) is 6.42 Å². The van der Waals surface area contributed by atoms with E-state index in [1.807, 2.05) is 17.5 Å². The van der Waals surface area contributed by atoms with Crippen molar-refractivity contribution in [1.82, 2.24) is 5.32 Å². The number of carbonyl (C=O) groups excluding carboxylic acids is 1. The summed E-state index contributed by atoms with van der Waals surface area (Å²) >= 11 is 13.0. The topological polar surface area (TPSA) is 49.3 Å². The van der Waals surface area contributed by atoms with E-state index in [2.05, 4.69) is 5.32 Å². The summed E-state index contributed by atoms with van der Waals surface area (Å²) in [6.07, 6.45) is 0.475. The minimum absolute atomic E-state index is 0.159. The summed E-state index contributed by atoms with van der Waals surface area (Å²) in [7, 11) is 0. The van der Waals surface area contributed by atoms with E-state index in [-0.39, 0.29) is 18.4 Å². The summed E-state index contributed by atoms with van der Waals surface area (Å²) in [6.45, 7) is 1.83. The van der Waals surface area contributed by atoms with Crippen LogP contribution < -0.4 is 5.32 Å². The Morgan fingerprint density at radius 3 is 2.88 bits per heavy atom. The molecule has 0 radical (unpaired) electrons. The van der Waals surface area contributed by atoms with Gasteiger partial charge in [0.05, 0.1) is 12.5 Å². The molecule has 1 amide bonds. The zero-order chi connectivity index (χ0) is 12.7. The molecule has 1 aromatic heterocycles. The summed E-state index contributed by atoms with van der Waals surface area (Å²) < 4.78 is -0.918. The van der Waals surface area contributed by atoms with Crippen LogP contribution in [0, 0.1) is 5.92 Å².